The van der Waals surface area contributed by atoms with E-state index < -0.39 is 17.3 Å². The number of ether oxygens (including phenoxy) is 1. The van der Waals surface area contributed by atoms with Crippen LogP contribution >= 0.6 is 11.6 Å². The Morgan fingerprint density at radius 2 is 2.14 bits per heavy atom. The lowest BCUT2D eigenvalue weighted by molar-refractivity contribution is -0.142. The van der Waals surface area contributed by atoms with Gasteiger partial charge in [-0.15, -0.1) is 0 Å². The van der Waals surface area contributed by atoms with Crippen LogP contribution in [0.3, 0.4) is 0 Å². The zero-order valence-electron chi connectivity index (χ0n) is 11.7. The normalized spacial score (nSPS) is 20.6. The second kappa shape index (κ2) is 4.81. The standard InChI is InChI=1S/C14H12ClF3N2O2/c1-13(8-5-7(15)3-4-9(8)21-2)6-19-10-11(14(16,17)18)20-22-12(10)13/h3-5,19H,6H2,1-2H3. The number of anilines is 1. The van der Waals surface area contributed by atoms with Crippen LogP contribution in [0.4, 0.5) is 18.9 Å². The van der Waals surface area contributed by atoms with Crippen molar-refractivity contribution in [2.75, 3.05) is 19.0 Å². The van der Waals surface area contributed by atoms with Crippen molar-refractivity contribution in [1.29, 1.82) is 0 Å². The van der Waals surface area contributed by atoms with Crippen molar-refractivity contribution in [3.63, 3.8) is 0 Å². The summed E-state index contributed by atoms with van der Waals surface area (Å²) in [5.74, 6) is 0.645. The average Bonchev–Trinajstić information content (AvgIpc) is 3.00. The van der Waals surface area contributed by atoms with E-state index in [2.05, 4.69) is 10.5 Å². The second-order valence-electron chi connectivity index (χ2n) is 5.26. The van der Waals surface area contributed by atoms with E-state index in [9.17, 15) is 13.2 Å². The zero-order valence-corrected chi connectivity index (χ0v) is 12.5. The number of hydrogen-bond donors (Lipinski definition) is 1. The molecular formula is C14H12ClF3N2O2. The topological polar surface area (TPSA) is 47.3 Å². The van der Waals surface area contributed by atoms with Gasteiger partial charge in [0.25, 0.3) is 0 Å². The molecule has 1 aromatic carbocycles. The summed E-state index contributed by atoms with van der Waals surface area (Å²) in [6, 6.07) is 4.98. The van der Waals surface area contributed by atoms with Crippen LogP contribution in [0, 0.1) is 0 Å². The van der Waals surface area contributed by atoms with Crippen LogP contribution in [0.15, 0.2) is 22.7 Å². The lowest BCUT2D eigenvalue weighted by Gasteiger charge is -2.24. The van der Waals surface area contributed by atoms with Crippen LogP contribution in [0.5, 0.6) is 5.75 Å². The van der Waals surface area contributed by atoms with E-state index in [1.165, 1.54) is 7.11 Å². The van der Waals surface area contributed by atoms with Crippen molar-refractivity contribution in [3.8, 4) is 5.75 Å². The minimum absolute atomic E-state index is 0.125. The quantitative estimate of drug-likeness (QED) is 0.900. The molecule has 118 valence electrons. The van der Waals surface area contributed by atoms with Crippen LogP contribution in [-0.4, -0.2) is 18.8 Å². The Balaban J connectivity index is 2.16. The largest absolute Gasteiger partial charge is 0.496 e. The van der Waals surface area contributed by atoms with Gasteiger partial charge < -0.3 is 14.6 Å². The summed E-state index contributed by atoms with van der Waals surface area (Å²) in [5.41, 5.74) is -1.40. The number of rotatable bonds is 2. The van der Waals surface area contributed by atoms with Crippen LogP contribution in [0.1, 0.15) is 23.9 Å². The van der Waals surface area contributed by atoms with Crippen LogP contribution in [-0.2, 0) is 11.6 Å². The fourth-order valence-corrected chi connectivity index (χ4v) is 2.87. The van der Waals surface area contributed by atoms with Gasteiger partial charge in [-0.3, -0.25) is 0 Å². The number of fused-ring (bicyclic) bond motifs is 1. The van der Waals surface area contributed by atoms with Gasteiger partial charge in [-0.2, -0.15) is 13.2 Å². The van der Waals surface area contributed by atoms with Crippen molar-refractivity contribution in [1.82, 2.24) is 5.16 Å². The summed E-state index contributed by atoms with van der Waals surface area (Å²) in [6.45, 7) is 1.98. The first kappa shape index (κ1) is 15.0. The zero-order chi connectivity index (χ0) is 16.1. The Labute approximate surface area is 129 Å². The van der Waals surface area contributed by atoms with Crippen LogP contribution in [0.25, 0.3) is 0 Å². The lowest BCUT2D eigenvalue weighted by atomic mass is 9.81. The summed E-state index contributed by atoms with van der Waals surface area (Å²) >= 11 is 6.02. The summed E-state index contributed by atoms with van der Waals surface area (Å²) in [7, 11) is 1.49. The molecule has 1 N–H and O–H groups in total. The molecule has 4 nitrogen and oxygen atoms in total. The van der Waals surface area contributed by atoms with Crippen molar-refractivity contribution < 1.29 is 22.4 Å². The maximum Gasteiger partial charge on any atom is 0.438 e. The first-order chi connectivity index (χ1) is 10.3. The molecule has 8 heteroatoms. The lowest BCUT2D eigenvalue weighted by Crippen LogP contribution is -2.26. The first-order valence-corrected chi connectivity index (χ1v) is 6.80. The van der Waals surface area contributed by atoms with Gasteiger partial charge in [0.2, 0.25) is 5.69 Å². The molecular weight excluding hydrogens is 321 g/mol. The van der Waals surface area contributed by atoms with Gasteiger partial charge in [0.15, 0.2) is 5.76 Å². The minimum atomic E-state index is -4.58. The van der Waals surface area contributed by atoms with Gasteiger partial charge >= 0.3 is 6.18 Å². The number of hydrogen-bond acceptors (Lipinski definition) is 4. The number of aromatic nitrogens is 1. The van der Waals surface area contributed by atoms with E-state index in [1.54, 1.807) is 25.1 Å². The fraction of sp³-hybridized carbons (Fsp3) is 0.357. The van der Waals surface area contributed by atoms with Gasteiger partial charge in [-0.25, -0.2) is 0 Å². The van der Waals surface area contributed by atoms with E-state index in [0.29, 0.717) is 16.3 Å². The molecule has 1 aromatic heterocycles. The average molecular weight is 333 g/mol. The van der Waals surface area contributed by atoms with Crippen LogP contribution in [0.2, 0.25) is 5.02 Å². The van der Waals surface area contributed by atoms with Crippen LogP contribution < -0.4 is 10.1 Å². The van der Waals surface area contributed by atoms with Gasteiger partial charge in [-0.1, -0.05) is 16.8 Å². The van der Waals surface area contributed by atoms with E-state index in [1.807, 2.05) is 0 Å². The highest BCUT2D eigenvalue weighted by Crippen LogP contribution is 2.49. The highest BCUT2D eigenvalue weighted by molar-refractivity contribution is 6.30. The predicted octanol–water partition coefficient (Wildman–Crippen LogP) is 4.09. The molecule has 2 heterocycles. The van der Waals surface area contributed by atoms with Gasteiger partial charge in [0.05, 0.1) is 12.5 Å². The first-order valence-electron chi connectivity index (χ1n) is 6.42. The SMILES string of the molecule is COc1ccc(Cl)cc1C1(C)CNc2c(C(F)(F)F)noc21. The van der Waals surface area contributed by atoms with E-state index in [0.717, 1.165) is 0 Å². The fourth-order valence-electron chi connectivity index (χ4n) is 2.70. The van der Waals surface area contributed by atoms with E-state index >= 15 is 0 Å². The molecule has 0 spiro atoms. The molecule has 0 saturated heterocycles. The molecule has 1 unspecified atom stereocenters. The maximum atomic E-state index is 12.9. The Kier molecular flexibility index (Phi) is 3.28. The smallest absolute Gasteiger partial charge is 0.438 e. The number of alkyl halides is 3. The van der Waals surface area contributed by atoms with E-state index in [4.69, 9.17) is 20.9 Å². The third kappa shape index (κ3) is 2.11. The second-order valence-corrected chi connectivity index (χ2v) is 5.70. The molecule has 0 radical (unpaired) electrons. The summed E-state index contributed by atoms with van der Waals surface area (Å²) in [5, 5.41) is 6.37. The third-order valence-electron chi connectivity index (χ3n) is 3.84. The molecule has 0 bridgehead atoms. The molecule has 2 aromatic rings. The molecule has 0 saturated carbocycles. The Morgan fingerprint density at radius 3 is 2.77 bits per heavy atom. The summed E-state index contributed by atoms with van der Waals surface area (Å²) < 4.78 is 49.1. The highest BCUT2D eigenvalue weighted by Gasteiger charge is 2.49. The summed E-state index contributed by atoms with van der Waals surface area (Å²) in [6.07, 6.45) is -4.58. The molecule has 1 atom stereocenters. The Morgan fingerprint density at radius 1 is 1.41 bits per heavy atom. The number of nitrogens with one attached hydrogen (secondary N) is 1. The molecule has 0 fully saturated rings. The molecule has 0 amide bonds. The Bertz CT molecular complexity index is 729. The van der Waals surface area contributed by atoms with Crippen molar-refractivity contribution in [2.45, 2.75) is 18.5 Å². The minimum Gasteiger partial charge on any atom is -0.496 e. The van der Waals surface area contributed by atoms with Gasteiger partial charge in [0.1, 0.15) is 11.4 Å². The Hall–Kier alpha value is -1.89. The highest BCUT2D eigenvalue weighted by atomic mass is 35.5. The van der Waals surface area contributed by atoms with Gasteiger partial charge in [-0.05, 0) is 25.1 Å². The van der Waals surface area contributed by atoms with Crippen molar-refractivity contribution >= 4 is 17.3 Å². The molecule has 22 heavy (non-hydrogen) atoms. The molecule has 1 aliphatic heterocycles. The predicted molar refractivity (Wildman–Crippen MR) is 74.5 cm³/mol. The van der Waals surface area contributed by atoms with E-state index in [-0.39, 0.29) is 18.0 Å². The van der Waals surface area contributed by atoms with Gasteiger partial charge in [0, 0.05) is 17.1 Å². The van der Waals surface area contributed by atoms with Crippen molar-refractivity contribution in [2.24, 2.45) is 0 Å². The van der Waals surface area contributed by atoms with Crippen molar-refractivity contribution in [3.05, 3.63) is 40.2 Å². The number of halogens is 4. The number of nitrogens with zero attached hydrogens (tertiary/aromatic N) is 1. The number of benzene rings is 1. The molecule has 3 rings (SSSR count). The maximum absolute atomic E-state index is 12.9. The monoisotopic (exact) mass is 332 g/mol. The molecule has 1 aliphatic rings. The number of methoxy groups -OCH3 is 1. The third-order valence-corrected chi connectivity index (χ3v) is 4.07. The molecule has 0 aliphatic carbocycles. The summed E-state index contributed by atoms with van der Waals surface area (Å²) in [4.78, 5) is 0.